The number of aliphatic hydroxyl groups excluding tert-OH is 1. The molecule has 0 spiro atoms. The minimum atomic E-state index is -0.00499. The third-order valence-corrected chi connectivity index (χ3v) is 8.80. The highest BCUT2D eigenvalue weighted by Crippen LogP contribution is 2.33. The second kappa shape index (κ2) is 16.0. The number of anilines is 2. The van der Waals surface area contributed by atoms with Crippen molar-refractivity contribution in [3.05, 3.63) is 45.4 Å². The van der Waals surface area contributed by atoms with Crippen molar-refractivity contribution in [3.63, 3.8) is 0 Å². The van der Waals surface area contributed by atoms with Crippen LogP contribution in [0, 0.1) is 0 Å². The predicted molar refractivity (Wildman–Crippen MR) is 179 cm³/mol. The highest BCUT2D eigenvalue weighted by atomic mass is 16.5. The van der Waals surface area contributed by atoms with E-state index in [9.17, 15) is 5.11 Å². The molecule has 248 valence electrons. The van der Waals surface area contributed by atoms with Crippen molar-refractivity contribution in [1.82, 2.24) is 29.5 Å². The zero-order chi connectivity index (χ0) is 32.5. The largest absolute Gasteiger partial charge is 0.392 e. The zero-order valence-corrected chi connectivity index (χ0v) is 27.5. The molecule has 6 rings (SSSR count). The van der Waals surface area contributed by atoms with Crippen molar-refractivity contribution in [2.75, 3.05) is 37.1 Å². The lowest BCUT2D eigenvalue weighted by Gasteiger charge is -2.26. The lowest BCUT2D eigenvalue weighted by Crippen LogP contribution is -2.28. The summed E-state index contributed by atoms with van der Waals surface area (Å²) in [7, 11) is 0. The molecular weight excluding hydrogens is 586 g/mol. The van der Waals surface area contributed by atoms with Crippen LogP contribution in [0.2, 0.25) is 0 Å². The fourth-order valence-electron chi connectivity index (χ4n) is 6.26. The lowest BCUT2D eigenvalue weighted by atomic mass is 10.0. The van der Waals surface area contributed by atoms with E-state index in [4.69, 9.17) is 25.0 Å². The van der Waals surface area contributed by atoms with Crippen LogP contribution in [-0.2, 0) is 48.6 Å². The first-order valence-corrected chi connectivity index (χ1v) is 16.6. The molecule has 0 aromatic carbocycles. The van der Waals surface area contributed by atoms with Crippen LogP contribution >= 0.6 is 0 Å². The van der Waals surface area contributed by atoms with E-state index < -0.39 is 0 Å². The van der Waals surface area contributed by atoms with E-state index in [2.05, 4.69) is 58.6 Å². The van der Waals surface area contributed by atoms with Crippen LogP contribution in [0.4, 0.5) is 11.4 Å². The molecule has 0 radical (unpaired) electrons. The van der Waals surface area contributed by atoms with Gasteiger partial charge in [-0.25, -0.2) is 19.3 Å². The molecule has 4 aromatic rings. The van der Waals surface area contributed by atoms with Crippen molar-refractivity contribution in [2.24, 2.45) is 5.11 Å². The van der Waals surface area contributed by atoms with Crippen molar-refractivity contribution >= 4 is 33.4 Å². The van der Waals surface area contributed by atoms with Gasteiger partial charge in [0.1, 0.15) is 0 Å². The minimum Gasteiger partial charge on any atom is -0.392 e. The second-order valence-corrected chi connectivity index (χ2v) is 11.5. The van der Waals surface area contributed by atoms with Gasteiger partial charge < -0.3 is 25.2 Å². The van der Waals surface area contributed by atoms with Gasteiger partial charge in [-0.2, -0.15) is 10.2 Å². The molecule has 0 unspecified atom stereocenters. The zero-order valence-electron chi connectivity index (χ0n) is 27.5. The number of pyridine rings is 2. The van der Waals surface area contributed by atoms with Gasteiger partial charge in [0.15, 0.2) is 11.3 Å². The quantitative estimate of drug-likeness (QED) is 0.109. The van der Waals surface area contributed by atoms with E-state index in [1.807, 2.05) is 21.8 Å². The molecule has 0 atom stereocenters. The van der Waals surface area contributed by atoms with E-state index in [1.54, 1.807) is 0 Å². The number of aromatic nitrogens is 6. The molecule has 4 aromatic heterocycles. The number of aliphatic hydroxyl groups is 1. The van der Waals surface area contributed by atoms with Gasteiger partial charge in [-0.05, 0) is 57.9 Å². The Bertz CT molecular complexity index is 1650. The average Bonchev–Trinajstić information content (AvgIpc) is 3.72. The van der Waals surface area contributed by atoms with Crippen molar-refractivity contribution in [1.29, 1.82) is 0 Å². The normalized spacial score (nSPS) is 15.8. The van der Waals surface area contributed by atoms with Crippen molar-refractivity contribution in [3.8, 4) is 0 Å². The summed E-state index contributed by atoms with van der Waals surface area (Å²) in [4.78, 5) is 12.4. The maximum atomic E-state index is 9.85. The molecule has 14 heteroatoms. The van der Waals surface area contributed by atoms with Gasteiger partial charge in [0, 0.05) is 73.3 Å². The second-order valence-electron chi connectivity index (χ2n) is 11.5. The summed E-state index contributed by atoms with van der Waals surface area (Å²) in [5.74, 6) is 0. The molecule has 14 nitrogen and oxygen atoms in total. The Morgan fingerprint density at radius 1 is 0.804 bits per heavy atom. The van der Waals surface area contributed by atoms with Crippen LogP contribution in [0.3, 0.4) is 0 Å². The summed E-state index contributed by atoms with van der Waals surface area (Å²) in [6, 6.07) is 0.725. The Hall–Kier alpha value is -3.97. The number of hydrogen-bond donors (Lipinski definition) is 3. The predicted octanol–water partition coefficient (Wildman–Crippen LogP) is 5.51. The summed E-state index contributed by atoms with van der Waals surface area (Å²) in [5.41, 5.74) is 16.3. The van der Waals surface area contributed by atoms with E-state index in [0.717, 1.165) is 134 Å². The van der Waals surface area contributed by atoms with Crippen molar-refractivity contribution < 1.29 is 14.6 Å². The molecule has 0 bridgehead atoms. The maximum Gasteiger partial charge on any atom is 0.160 e. The van der Waals surface area contributed by atoms with Gasteiger partial charge in [-0.15, -0.1) is 0 Å². The van der Waals surface area contributed by atoms with Crippen LogP contribution in [-0.4, -0.2) is 73.1 Å². The number of nitrogens with zero attached hydrogens (tertiary/aromatic N) is 9. The Morgan fingerprint density at radius 3 is 1.67 bits per heavy atom. The molecule has 2 fully saturated rings. The monoisotopic (exact) mass is 633 g/mol. The molecule has 2 saturated heterocycles. The number of nitrogens with one attached hydrogen (secondary N) is 2. The van der Waals surface area contributed by atoms with Crippen LogP contribution in [0.5, 0.6) is 0 Å². The first-order chi connectivity index (χ1) is 22.6. The Balaban J connectivity index is 0.000000182. The van der Waals surface area contributed by atoms with Crippen LogP contribution in [0.15, 0.2) is 17.5 Å². The Labute approximate surface area is 269 Å². The summed E-state index contributed by atoms with van der Waals surface area (Å²) in [6.07, 6.45) is 9.18. The van der Waals surface area contributed by atoms with Crippen LogP contribution in [0.25, 0.3) is 32.5 Å². The van der Waals surface area contributed by atoms with E-state index in [-0.39, 0.29) is 6.61 Å². The third-order valence-electron chi connectivity index (χ3n) is 8.80. The number of hydrogen-bond acceptors (Lipinski definition) is 10. The third kappa shape index (κ3) is 7.20. The van der Waals surface area contributed by atoms with E-state index in [0.29, 0.717) is 18.6 Å². The molecule has 46 heavy (non-hydrogen) atoms. The molecule has 2 aliphatic heterocycles. The van der Waals surface area contributed by atoms with Crippen LogP contribution in [0.1, 0.15) is 75.9 Å². The first kappa shape index (κ1) is 33.4. The van der Waals surface area contributed by atoms with Crippen LogP contribution < -0.4 is 10.6 Å². The summed E-state index contributed by atoms with van der Waals surface area (Å²) < 4.78 is 14.7. The standard InChI is InChI=1S/C16H23N7O.C16H24N4O2/c1-3-14-12(9-18-22-17)15(20-11-5-7-24-8-6-11)13-10-19-23(4-2)16(13)21-14;1-3-14-13(10-21)15(18-11-5-7-22-8-6-11)12-9-17-20(4-2)16(12)19-14/h10-11H,3-9H2,1-2H3,(H,20,21);9,11,21H,3-8,10H2,1-2H3,(H,18,19). The fraction of sp³-hybridized carbons (Fsp3) is 0.625. The molecular formula is C32H47N11O3. The highest BCUT2D eigenvalue weighted by Gasteiger charge is 2.22. The smallest absolute Gasteiger partial charge is 0.160 e. The number of aryl methyl sites for hydroxylation is 4. The van der Waals surface area contributed by atoms with Gasteiger partial charge >= 0.3 is 0 Å². The molecule has 0 amide bonds. The Morgan fingerprint density at radius 2 is 1.26 bits per heavy atom. The lowest BCUT2D eigenvalue weighted by molar-refractivity contribution is 0.0903. The molecule has 3 N–H and O–H groups in total. The summed E-state index contributed by atoms with van der Waals surface area (Å²) in [6.45, 7) is 13.2. The molecule has 6 heterocycles. The fourth-order valence-corrected chi connectivity index (χ4v) is 6.26. The van der Waals surface area contributed by atoms with Gasteiger partial charge in [0.25, 0.3) is 0 Å². The topological polar surface area (TPSA) is 173 Å². The molecule has 2 aliphatic rings. The minimum absolute atomic E-state index is 0.00499. The van der Waals surface area contributed by atoms with Crippen molar-refractivity contribution in [2.45, 2.75) is 105 Å². The highest BCUT2D eigenvalue weighted by molar-refractivity contribution is 5.92. The number of fused-ring (bicyclic) bond motifs is 2. The van der Waals surface area contributed by atoms with Gasteiger partial charge in [-0.3, -0.25) is 0 Å². The molecule has 0 aliphatic carbocycles. The Kier molecular flexibility index (Phi) is 11.6. The first-order valence-electron chi connectivity index (χ1n) is 16.6. The van der Waals surface area contributed by atoms with E-state index in [1.165, 1.54) is 0 Å². The SMILES string of the molecule is CCc1nc2c(cnn2CC)c(NC2CCOCC2)c1CN=[N+]=[N-].CCc1nc2c(cnn2CC)c(NC2CCOCC2)c1CO. The van der Waals surface area contributed by atoms with Gasteiger partial charge in [0.2, 0.25) is 0 Å². The summed E-state index contributed by atoms with van der Waals surface area (Å²) in [5, 5.41) is 31.8. The van der Waals surface area contributed by atoms with E-state index >= 15 is 0 Å². The number of rotatable bonds is 11. The number of azide groups is 1. The number of ether oxygens (including phenoxy) is 2. The maximum absolute atomic E-state index is 9.85. The summed E-state index contributed by atoms with van der Waals surface area (Å²) >= 11 is 0. The van der Waals surface area contributed by atoms with Gasteiger partial charge in [0.05, 0.1) is 53.4 Å². The van der Waals surface area contributed by atoms with Gasteiger partial charge in [-0.1, -0.05) is 19.0 Å². The average molecular weight is 634 g/mol. The molecule has 0 saturated carbocycles.